The van der Waals surface area contributed by atoms with Crippen molar-refractivity contribution in [3.05, 3.63) is 59.0 Å². The Hall–Kier alpha value is -2.07. The first kappa shape index (κ1) is 12.4. The summed E-state index contributed by atoms with van der Waals surface area (Å²) in [6.07, 6.45) is 1.40. The van der Waals surface area contributed by atoms with Gasteiger partial charge >= 0.3 is 5.97 Å². The van der Waals surface area contributed by atoms with Gasteiger partial charge in [0.25, 0.3) is 0 Å². The Bertz CT molecular complexity index is 545. The number of hydrogen-bond acceptors (Lipinski definition) is 3. The summed E-state index contributed by atoms with van der Waals surface area (Å²) in [5.41, 5.74) is 3.09. The highest BCUT2D eigenvalue weighted by Crippen LogP contribution is 2.11. The maximum atomic E-state index is 10.8. The van der Waals surface area contributed by atoms with Gasteiger partial charge in [-0.15, -0.1) is 0 Å². The van der Waals surface area contributed by atoms with Crippen LogP contribution in [0.2, 0.25) is 0 Å². The molecule has 0 atom stereocenters. The number of carboxylic acid groups (broad SMARTS) is 1. The zero-order valence-corrected chi connectivity index (χ0v) is 10.1. The minimum atomic E-state index is -1.03. The molecule has 2 rings (SSSR count). The molecular weight excluding hydrogens is 230 g/mol. The molecule has 0 aliphatic carbocycles. The predicted molar refractivity (Wildman–Crippen MR) is 67.4 cm³/mol. The molecule has 0 unspecified atom stereocenters. The Morgan fingerprint density at radius 2 is 1.94 bits per heavy atom. The third kappa shape index (κ3) is 2.78. The minimum absolute atomic E-state index is 0.00674. The Morgan fingerprint density at radius 3 is 2.67 bits per heavy atom. The van der Waals surface area contributed by atoms with Crippen LogP contribution < -0.4 is 5.32 Å². The molecule has 4 nitrogen and oxygen atoms in total. The van der Waals surface area contributed by atoms with Crippen molar-refractivity contribution in [2.24, 2.45) is 0 Å². The van der Waals surface area contributed by atoms with E-state index in [0.29, 0.717) is 18.7 Å². The quantitative estimate of drug-likeness (QED) is 0.849. The molecule has 0 spiro atoms. The van der Waals surface area contributed by atoms with E-state index in [1.165, 1.54) is 17.4 Å². The number of aryl methyl sites for hydroxylation is 1. The van der Waals surface area contributed by atoms with Crippen LogP contribution in [0.5, 0.6) is 0 Å². The second-order valence-electron chi connectivity index (χ2n) is 4.11. The number of carbonyl (C=O) groups is 1. The minimum Gasteiger partial charge on any atom is -0.475 e. The maximum absolute atomic E-state index is 10.8. The molecule has 1 aromatic heterocycles. The van der Waals surface area contributed by atoms with Crippen LogP contribution in [0.1, 0.15) is 27.2 Å². The second-order valence-corrected chi connectivity index (χ2v) is 4.11. The fraction of sp³-hybridized carbons (Fsp3) is 0.214. The molecule has 0 saturated carbocycles. The normalized spacial score (nSPS) is 10.5. The standard InChI is InChI=1S/C14H15NO3/c1-10-4-2-3-5-11(10)8-15-9-12-6-7-18-13(12)14(16)17/h2-7,15H,8-9H2,1H3,(H,16,17). The van der Waals surface area contributed by atoms with Gasteiger partial charge in [-0.3, -0.25) is 0 Å². The number of carboxylic acids is 1. The smallest absolute Gasteiger partial charge is 0.372 e. The number of furan rings is 1. The lowest BCUT2D eigenvalue weighted by Gasteiger charge is -2.06. The van der Waals surface area contributed by atoms with E-state index in [1.807, 2.05) is 12.1 Å². The van der Waals surface area contributed by atoms with Gasteiger partial charge in [0.2, 0.25) is 5.76 Å². The van der Waals surface area contributed by atoms with Gasteiger partial charge in [0.05, 0.1) is 6.26 Å². The van der Waals surface area contributed by atoms with E-state index >= 15 is 0 Å². The van der Waals surface area contributed by atoms with Crippen molar-refractivity contribution < 1.29 is 14.3 Å². The van der Waals surface area contributed by atoms with Gasteiger partial charge in [0.1, 0.15) is 0 Å². The molecule has 0 amide bonds. The Labute approximate surface area is 105 Å². The number of benzene rings is 1. The van der Waals surface area contributed by atoms with Crippen LogP contribution in [0, 0.1) is 6.92 Å². The molecule has 4 heteroatoms. The SMILES string of the molecule is Cc1ccccc1CNCc1ccoc1C(=O)O. The summed E-state index contributed by atoms with van der Waals surface area (Å²) in [6.45, 7) is 3.24. The van der Waals surface area contributed by atoms with Gasteiger partial charge < -0.3 is 14.8 Å². The third-order valence-corrected chi connectivity index (χ3v) is 2.83. The second kappa shape index (κ2) is 5.51. The summed E-state index contributed by atoms with van der Waals surface area (Å²) >= 11 is 0. The van der Waals surface area contributed by atoms with E-state index in [4.69, 9.17) is 9.52 Å². The lowest BCUT2D eigenvalue weighted by molar-refractivity contribution is 0.0660. The number of rotatable bonds is 5. The molecule has 2 aromatic rings. The molecule has 0 fully saturated rings. The van der Waals surface area contributed by atoms with Crippen molar-refractivity contribution in [2.45, 2.75) is 20.0 Å². The molecule has 0 aliphatic heterocycles. The van der Waals surface area contributed by atoms with E-state index in [9.17, 15) is 4.79 Å². The summed E-state index contributed by atoms with van der Waals surface area (Å²) in [7, 11) is 0. The van der Waals surface area contributed by atoms with Crippen LogP contribution in [-0.2, 0) is 13.1 Å². The van der Waals surface area contributed by atoms with Crippen LogP contribution in [0.3, 0.4) is 0 Å². The van der Waals surface area contributed by atoms with Gasteiger partial charge in [-0.25, -0.2) is 4.79 Å². The molecule has 0 saturated heterocycles. The van der Waals surface area contributed by atoms with Gasteiger partial charge in [0.15, 0.2) is 0 Å². The topological polar surface area (TPSA) is 62.5 Å². The lowest BCUT2D eigenvalue weighted by atomic mass is 10.1. The van der Waals surface area contributed by atoms with Gasteiger partial charge in [-0.1, -0.05) is 24.3 Å². The number of hydrogen-bond donors (Lipinski definition) is 2. The first-order valence-electron chi connectivity index (χ1n) is 5.73. The first-order chi connectivity index (χ1) is 8.68. The Morgan fingerprint density at radius 1 is 1.22 bits per heavy atom. The van der Waals surface area contributed by atoms with E-state index in [1.54, 1.807) is 6.07 Å². The highest BCUT2D eigenvalue weighted by Gasteiger charge is 2.13. The summed E-state index contributed by atoms with van der Waals surface area (Å²) < 4.78 is 4.91. The van der Waals surface area contributed by atoms with Gasteiger partial charge in [-0.2, -0.15) is 0 Å². The van der Waals surface area contributed by atoms with Crippen molar-refractivity contribution in [3.8, 4) is 0 Å². The van der Waals surface area contributed by atoms with Crippen LogP contribution in [0.25, 0.3) is 0 Å². The number of nitrogens with one attached hydrogen (secondary N) is 1. The highest BCUT2D eigenvalue weighted by molar-refractivity contribution is 5.86. The molecule has 18 heavy (non-hydrogen) atoms. The highest BCUT2D eigenvalue weighted by atomic mass is 16.4. The van der Waals surface area contributed by atoms with Crippen molar-refractivity contribution in [1.82, 2.24) is 5.32 Å². The average Bonchev–Trinajstić information content (AvgIpc) is 2.80. The molecule has 2 N–H and O–H groups in total. The van der Waals surface area contributed by atoms with Crippen LogP contribution in [0.15, 0.2) is 41.0 Å². The zero-order chi connectivity index (χ0) is 13.0. The lowest BCUT2D eigenvalue weighted by Crippen LogP contribution is -2.15. The molecule has 0 radical (unpaired) electrons. The molecule has 0 aliphatic rings. The summed E-state index contributed by atoms with van der Waals surface area (Å²) in [5, 5.41) is 12.1. The van der Waals surface area contributed by atoms with Crippen molar-refractivity contribution in [3.63, 3.8) is 0 Å². The number of aromatic carboxylic acids is 1. The van der Waals surface area contributed by atoms with E-state index in [-0.39, 0.29) is 5.76 Å². The molecule has 1 heterocycles. The van der Waals surface area contributed by atoms with Gasteiger partial charge in [-0.05, 0) is 24.1 Å². The zero-order valence-electron chi connectivity index (χ0n) is 10.1. The largest absolute Gasteiger partial charge is 0.475 e. The molecular formula is C14H15NO3. The van der Waals surface area contributed by atoms with Gasteiger partial charge in [0, 0.05) is 18.7 Å². The molecule has 0 bridgehead atoms. The monoisotopic (exact) mass is 245 g/mol. The summed E-state index contributed by atoms with van der Waals surface area (Å²) in [4.78, 5) is 10.8. The average molecular weight is 245 g/mol. The Balaban J connectivity index is 1.95. The first-order valence-corrected chi connectivity index (χ1v) is 5.73. The van der Waals surface area contributed by atoms with E-state index in [0.717, 1.165) is 0 Å². The fourth-order valence-electron chi connectivity index (χ4n) is 1.80. The Kier molecular flexibility index (Phi) is 3.79. The van der Waals surface area contributed by atoms with Crippen molar-refractivity contribution in [1.29, 1.82) is 0 Å². The van der Waals surface area contributed by atoms with E-state index in [2.05, 4.69) is 24.4 Å². The summed E-state index contributed by atoms with van der Waals surface area (Å²) in [6, 6.07) is 9.77. The third-order valence-electron chi connectivity index (χ3n) is 2.83. The van der Waals surface area contributed by atoms with Crippen LogP contribution in [-0.4, -0.2) is 11.1 Å². The fourth-order valence-corrected chi connectivity index (χ4v) is 1.80. The predicted octanol–water partition coefficient (Wildman–Crippen LogP) is 2.58. The van der Waals surface area contributed by atoms with Crippen LogP contribution in [0.4, 0.5) is 0 Å². The molecule has 1 aromatic carbocycles. The summed E-state index contributed by atoms with van der Waals surface area (Å²) in [5.74, 6) is -1.03. The van der Waals surface area contributed by atoms with Crippen LogP contribution >= 0.6 is 0 Å². The van der Waals surface area contributed by atoms with Crippen molar-refractivity contribution >= 4 is 5.97 Å². The maximum Gasteiger partial charge on any atom is 0.372 e. The van der Waals surface area contributed by atoms with Crippen molar-refractivity contribution in [2.75, 3.05) is 0 Å². The van der Waals surface area contributed by atoms with E-state index < -0.39 is 5.97 Å². The molecule has 94 valence electrons.